The van der Waals surface area contributed by atoms with Crippen LogP contribution in [0.4, 0.5) is 0 Å². The SMILES string of the molecule is C=C(C(=O)OC[C@@]12[C@@H](OC(C)=O)C[C@H](C)[C@](C)(CCC3=CC(=O)OC3)[C@H]1[C@H](OC(C)=O)C[C@H](OC(C)=O)[C@]21CO1)[C@@H](C)O. The second kappa shape index (κ2) is 12.0. The summed E-state index contributed by atoms with van der Waals surface area (Å²) >= 11 is 0. The van der Waals surface area contributed by atoms with Crippen molar-refractivity contribution >= 4 is 29.8 Å². The van der Waals surface area contributed by atoms with E-state index in [0.29, 0.717) is 19.3 Å². The van der Waals surface area contributed by atoms with Gasteiger partial charge in [-0.3, -0.25) is 14.4 Å². The van der Waals surface area contributed by atoms with Crippen LogP contribution in [0.2, 0.25) is 0 Å². The minimum absolute atomic E-state index is 0.110. The zero-order valence-corrected chi connectivity index (χ0v) is 25.6. The Morgan fingerprint density at radius 1 is 1.07 bits per heavy atom. The molecule has 3 fully saturated rings. The van der Waals surface area contributed by atoms with Gasteiger partial charge in [0.25, 0.3) is 0 Å². The summed E-state index contributed by atoms with van der Waals surface area (Å²) in [4.78, 5) is 62.3. The summed E-state index contributed by atoms with van der Waals surface area (Å²) in [6.07, 6.45) is -0.881. The van der Waals surface area contributed by atoms with Gasteiger partial charge >= 0.3 is 29.8 Å². The predicted octanol–water partition coefficient (Wildman–Crippen LogP) is 2.35. The molecule has 43 heavy (non-hydrogen) atoms. The predicted molar refractivity (Wildman–Crippen MR) is 148 cm³/mol. The van der Waals surface area contributed by atoms with Crippen LogP contribution in [-0.2, 0) is 52.4 Å². The van der Waals surface area contributed by atoms with Crippen molar-refractivity contribution in [1.29, 1.82) is 0 Å². The summed E-state index contributed by atoms with van der Waals surface area (Å²) in [7, 11) is 0. The van der Waals surface area contributed by atoms with E-state index in [1.54, 1.807) is 0 Å². The number of epoxide rings is 1. The number of hydrogen-bond acceptors (Lipinski definition) is 12. The maximum Gasteiger partial charge on any atom is 0.336 e. The summed E-state index contributed by atoms with van der Waals surface area (Å²) < 4.78 is 34.9. The lowest BCUT2D eigenvalue weighted by Crippen LogP contribution is -2.74. The fourth-order valence-electron chi connectivity index (χ4n) is 7.73. The highest BCUT2D eigenvalue weighted by Crippen LogP contribution is 2.70. The third-order valence-corrected chi connectivity index (χ3v) is 9.96. The van der Waals surface area contributed by atoms with E-state index in [2.05, 4.69) is 13.5 Å². The summed E-state index contributed by atoms with van der Waals surface area (Å²) in [6.45, 7) is 12.9. The number of aliphatic hydroxyl groups is 1. The zero-order chi connectivity index (χ0) is 31.9. The Hall–Kier alpha value is -3.25. The molecule has 0 bridgehead atoms. The van der Waals surface area contributed by atoms with Crippen LogP contribution in [0.25, 0.3) is 0 Å². The van der Waals surface area contributed by atoms with Gasteiger partial charge in [-0.25, -0.2) is 9.59 Å². The number of aliphatic hydroxyl groups excluding tert-OH is 1. The van der Waals surface area contributed by atoms with Gasteiger partial charge in [0.1, 0.15) is 37.1 Å². The zero-order valence-electron chi connectivity index (χ0n) is 25.6. The number of carbonyl (C=O) groups is 5. The number of rotatable bonds is 10. The van der Waals surface area contributed by atoms with Gasteiger partial charge in [0.05, 0.1) is 23.7 Å². The maximum absolute atomic E-state index is 13.1. The van der Waals surface area contributed by atoms with Crippen molar-refractivity contribution in [1.82, 2.24) is 0 Å². The van der Waals surface area contributed by atoms with Crippen molar-refractivity contribution in [3.63, 3.8) is 0 Å². The molecule has 2 aliphatic heterocycles. The van der Waals surface area contributed by atoms with Crippen LogP contribution in [0.15, 0.2) is 23.8 Å². The first-order chi connectivity index (χ1) is 20.1. The molecule has 2 aliphatic carbocycles. The molecule has 1 saturated heterocycles. The molecule has 12 heteroatoms. The smallest absolute Gasteiger partial charge is 0.336 e. The van der Waals surface area contributed by atoms with Gasteiger partial charge in [-0.05, 0) is 43.1 Å². The summed E-state index contributed by atoms with van der Waals surface area (Å²) in [5.74, 6) is -3.71. The van der Waals surface area contributed by atoms with Gasteiger partial charge in [0.15, 0.2) is 0 Å². The molecule has 0 unspecified atom stereocenters. The van der Waals surface area contributed by atoms with E-state index in [1.807, 2.05) is 6.92 Å². The first kappa shape index (κ1) is 32.7. The van der Waals surface area contributed by atoms with Crippen LogP contribution >= 0.6 is 0 Å². The van der Waals surface area contributed by atoms with Gasteiger partial charge in [-0.2, -0.15) is 0 Å². The first-order valence-electron chi connectivity index (χ1n) is 14.6. The van der Waals surface area contributed by atoms with E-state index in [-0.39, 0.29) is 37.7 Å². The largest absolute Gasteiger partial charge is 0.462 e. The highest BCUT2D eigenvalue weighted by molar-refractivity contribution is 5.88. The van der Waals surface area contributed by atoms with Gasteiger partial charge in [0, 0.05) is 39.2 Å². The molecule has 9 atom stereocenters. The number of cyclic esters (lactones) is 1. The van der Waals surface area contributed by atoms with E-state index in [9.17, 15) is 29.1 Å². The molecule has 0 radical (unpaired) electrons. The molecule has 2 saturated carbocycles. The van der Waals surface area contributed by atoms with Crippen LogP contribution < -0.4 is 0 Å². The Balaban J connectivity index is 1.91. The number of esters is 5. The number of hydrogen-bond donors (Lipinski definition) is 1. The number of fused-ring (bicyclic) bond motifs is 2. The van der Waals surface area contributed by atoms with Crippen molar-refractivity contribution in [2.45, 2.75) is 97.2 Å². The summed E-state index contributed by atoms with van der Waals surface area (Å²) in [6, 6.07) is 0. The van der Waals surface area contributed by atoms with Crippen LogP contribution in [0.1, 0.15) is 67.2 Å². The van der Waals surface area contributed by atoms with Gasteiger partial charge < -0.3 is 33.5 Å². The van der Waals surface area contributed by atoms with Crippen molar-refractivity contribution in [3.05, 3.63) is 23.8 Å². The maximum atomic E-state index is 13.1. The normalized spacial score (nSPS) is 36.9. The third-order valence-electron chi connectivity index (χ3n) is 9.96. The first-order valence-corrected chi connectivity index (χ1v) is 14.6. The van der Waals surface area contributed by atoms with Gasteiger partial charge in [-0.1, -0.05) is 20.4 Å². The van der Waals surface area contributed by atoms with E-state index in [4.69, 9.17) is 28.4 Å². The summed E-state index contributed by atoms with van der Waals surface area (Å²) in [5.41, 5.74) is -2.59. The molecule has 0 aromatic carbocycles. The molecule has 0 aromatic rings. The molecule has 2 heterocycles. The topological polar surface area (TPSA) is 164 Å². The number of ether oxygens (including phenoxy) is 6. The highest BCUT2D eigenvalue weighted by atomic mass is 16.6. The average molecular weight is 607 g/mol. The molecular weight excluding hydrogens is 564 g/mol. The van der Waals surface area contributed by atoms with Crippen LogP contribution in [0, 0.1) is 22.7 Å². The van der Waals surface area contributed by atoms with Crippen LogP contribution in [0.5, 0.6) is 0 Å². The lowest BCUT2D eigenvalue weighted by atomic mass is 9.41. The average Bonchev–Trinajstić information content (AvgIpc) is 3.60. The number of carbonyl (C=O) groups excluding carboxylic acids is 5. The molecule has 12 nitrogen and oxygen atoms in total. The van der Waals surface area contributed by atoms with Crippen molar-refractivity contribution in [2.75, 3.05) is 19.8 Å². The molecule has 238 valence electrons. The Morgan fingerprint density at radius 3 is 2.19 bits per heavy atom. The highest BCUT2D eigenvalue weighted by Gasteiger charge is 2.81. The Morgan fingerprint density at radius 2 is 1.67 bits per heavy atom. The fraction of sp³-hybridized carbons (Fsp3) is 0.710. The Bertz CT molecular complexity index is 1220. The van der Waals surface area contributed by atoms with Crippen LogP contribution in [0.3, 0.4) is 0 Å². The van der Waals surface area contributed by atoms with E-state index >= 15 is 0 Å². The van der Waals surface area contributed by atoms with E-state index < -0.39 is 76.6 Å². The molecule has 1 spiro atoms. The lowest BCUT2D eigenvalue weighted by Gasteiger charge is -2.65. The van der Waals surface area contributed by atoms with E-state index in [1.165, 1.54) is 33.8 Å². The van der Waals surface area contributed by atoms with Crippen molar-refractivity contribution in [3.8, 4) is 0 Å². The molecule has 4 rings (SSSR count). The quantitative estimate of drug-likeness (QED) is 0.167. The minimum atomic E-state index is -1.34. The molecule has 4 aliphatic rings. The summed E-state index contributed by atoms with van der Waals surface area (Å²) in [5, 5.41) is 9.99. The van der Waals surface area contributed by atoms with Crippen molar-refractivity contribution in [2.24, 2.45) is 22.7 Å². The molecule has 0 aromatic heterocycles. The fourth-order valence-corrected chi connectivity index (χ4v) is 7.73. The standard InChI is InChI=1S/C31H42O12/c1-16-10-24(42-20(5)34)30(14-39-28(37)17(2)18(3)32)27(29(16,7)9-8-22-11-26(36)38-13-22)23(41-19(4)33)12-25(43-21(6)35)31(30)15-40-31/h11,16,18,23-25,27,32H,2,8-10,12-15H2,1,3-7H3/t16-,18+,23+,24-,25-,27+,29-,30+,31+/m0/s1. The minimum Gasteiger partial charge on any atom is -0.462 e. The Labute approximate surface area is 251 Å². The molecule has 1 N–H and O–H groups in total. The van der Waals surface area contributed by atoms with Gasteiger partial charge in [-0.15, -0.1) is 0 Å². The molecule has 0 amide bonds. The van der Waals surface area contributed by atoms with Crippen molar-refractivity contribution < 1.29 is 57.5 Å². The second-order valence-electron chi connectivity index (χ2n) is 12.6. The Kier molecular flexibility index (Phi) is 9.14. The third kappa shape index (κ3) is 5.95. The van der Waals surface area contributed by atoms with Gasteiger partial charge in [0.2, 0.25) is 0 Å². The van der Waals surface area contributed by atoms with E-state index in [0.717, 1.165) is 5.57 Å². The second-order valence-corrected chi connectivity index (χ2v) is 12.6. The lowest BCUT2D eigenvalue weighted by molar-refractivity contribution is -0.275. The molecular formula is C31H42O12. The monoisotopic (exact) mass is 606 g/mol. The van der Waals surface area contributed by atoms with Crippen LogP contribution in [-0.4, -0.2) is 84.8 Å².